The Morgan fingerprint density at radius 2 is 1.69 bits per heavy atom. The van der Waals surface area contributed by atoms with Crippen molar-refractivity contribution < 1.29 is 8.42 Å². The SMILES string of the molecule is CCCCC1(CCCC)CN(c2ccccc2)c2cc(SC)c(CNC(C)CCC)cc2S(=O)(=O)C1. The van der Waals surface area contributed by atoms with Crippen LogP contribution in [-0.4, -0.2) is 33.0 Å². The van der Waals surface area contributed by atoms with Crippen molar-refractivity contribution in [3.8, 4) is 0 Å². The zero-order valence-corrected chi connectivity index (χ0v) is 24.6. The van der Waals surface area contributed by atoms with Crippen LogP contribution in [0.2, 0.25) is 0 Å². The van der Waals surface area contributed by atoms with E-state index in [0.29, 0.717) is 17.5 Å². The fourth-order valence-corrected chi connectivity index (χ4v) is 8.29. The van der Waals surface area contributed by atoms with Crippen molar-refractivity contribution >= 4 is 33.0 Å². The Kier molecular flexibility index (Phi) is 10.8. The number of sulfone groups is 1. The summed E-state index contributed by atoms with van der Waals surface area (Å²) in [6.45, 7) is 10.2. The summed E-state index contributed by atoms with van der Waals surface area (Å²) < 4.78 is 28.3. The molecule has 0 amide bonds. The molecule has 2 aromatic rings. The van der Waals surface area contributed by atoms with Gasteiger partial charge in [0.1, 0.15) is 0 Å². The molecular formula is C30H46N2O2S2. The molecule has 0 aliphatic carbocycles. The number of anilines is 2. The van der Waals surface area contributed by atoms with Crippen LogP contribution in [-0.2, 0) is 16.4 Å². The molecule has 1 unspecified atom stereocenters. The largest absolute Gasteiger partial charge is 0.340 e. The van der Waals surface area contributed by atoms with Gasteiger partial charge in [0.25, 0.3) is 0 Å². The Hall–Kier alpha value is -1.50. The molecule has 1 aliphatic rings. The van der Waals surface area contributed by atoms with E-state index in [1.165, 1.54) is 0 Å². The molecule has 6 heteroatoms. The normalized spacial score (nSPS) is 17.4. The second kappa shape index (κ2) is 13.3. The maximum atomic E-state index is 14.2. The number of benzene rings is 2. The van der Waals surface area contributed by atoms with Crippen molar-refractivity contribution in [3.63, 3.8) is 0 Å². The molecule has 0 radical (unpaired) electrons. The van der Waals surface area contributed by atoms with Gasteiger partial charge in [-0.15, -0.1) is 11.8 Å². The Morgan fingerprint density at radius 1 is 1.03 bits per heavy atom. The minimum atomic E-state index is -3.46. The zero-order chi connectivity index (χ0) is 26.2. The highest BCUT2D eigenvalue weighted by molar-refractivity contribution is 7.98. The molecule has 1 atom stereocenters. The quantitative estimate of drug-likeness (QED) is 0.266. The van der Waals surface area contributed by atoms with Gasteiger partial charge in [-0.25, -0.2) is 8.42 Å². The summed E-state index contributed by atoms with van der Waals surface area (Å²) in [6.07, 6.45) is 10.5. The van der Waals surface area contributed by atoms with Crippen LogP contribution in [0.4, 0.5) is 11.4 Å². The van der Waals surface area contributed by atoms with Crippen LogP contribution < -0.4 is 10.2 Å². The monoisotopic (exact) mass is 530 g/mol. The predicted octanol–water partition coefficient (Wildman–Crippen LogP) is 7.98. The van der Waals surface area contributed by atoms with Gasteiger partial charge in [-0.3, -0.25) is 0 Å². The molecule has 0 aromatic heterocycles. The molecule has 36 heavy (non-hydrogen) atoms. The first-order valence-corrected chi connectivity index (χ1v) is 16.7. The summed E-state index contributed by atoms with van der Waals surface area (Å²) in [4.78, 5) is 3.96. The smallest absolute Gasteiger partial charge is 0.181 e. The van der Waals surface area contributed by atoms with Gasteiger partial charge in [-0.2, -0.15) is 0 Å². The van der Waals surface area contributed by atoms with E-state index in [1.54, 1.807) is 11.8 Å². The van der Waals surface area contributed by atoms with Gasteiger partial charge in [0, 0.05) is 35.1 Å². The third-order valence-electron chi connectivity index (χ3n) is 7.53. The molecule has 0 bridgehead atoms. The van der Waals surface area contributed by atoms with Crippen LogP contribution in [0, 0.1) is 5.41 Å². The van der Waals surface area contributed by atoms with E-state index >= 15 is 0 Å². The first-order chi connectivity index (χ1) is 17.3. The molecule has 0 fully saturated rings. The van der Waals surface area contributed by atoms with Gasteiger partial charge in [0.15, 0.2) is 9.84 Å². The van der Waals surface area contributed by atoms with Crippen LogP contribution >= 0.6 is 11.8 Å². The lowest BCUT2D eigenvalue weighted by Gasteiger charge is -2.37. The van der Waals surface area contributed by atoms with Gasteiger partial charge in [-0.1, -0.05) is 71.1 Å². The first kappa shape index (κ1) is 29.1. The lowest BCUT2D eigenvalue weighted by molar-refractivity contribution is 0.270. The second-order valence-electron chi connectivity index (χ2n) is 10.6. The minimum Gasteiger partial charge on any atom is -0.340 e. The number of rotatable bonds is 13. The van der Waals surface area contributed by atoms with Crippen LogP contribution in [0.5, 0.6) is 0 Å². The molecule has 1 heterocycles. The van der Waals surface area contributed by atoms with Gasteiger partial charge >= 0.3 is 0 Å². The van der Waals surface area contributed by atoms with Crippen LogP contribution in [0.25, 0.3) is 0 Å². The lowest BCUT2D eigenvalue weighted by Crippen LogP contribution is -2.38. The predicted molar refractivity (Wildman–Crippen MR) is 156 cm³/mol. The fraction of sp³-hybridized carbons (Fsp3) is 0.600. The van der Waals surface area contributed by atoms with E-state index in [9.17, 15) is 8.42 Å². The lowest BCUT2D eigenvalue weighted by atomic mass is 9.79. The summed E-state index contributed by atoms with van der Waals surface area (Å²) in [5.74, 6) is 0.230. The molecular weight excluding hydrogens is 484 g/mol. The molecule has 1 N–H and O–H groups in total. The Labute approximate surface area is 224 Å². The number of hydrogen-bond acceptors (Lipinski definition) is 5. The molecule has 0 saturated heterocycles. The van der Waals surface area contributed by atoms with Gasteiger partial charge in [-0.05, 0) is 62.3 Å². The van der Waals surface area contributed by atoms with E-state index in [2.05, 4.69) is 74.5 Å². The molecule has 2 aromatic carbocycles. The van der Waals surface area contributed by atoms with Crippen LogP contribution in [0.1, 0.15) is 84.6 Å². The van der Waals surface area contributed by atoms with Crippen molar-refractivity contribution in [2.75, 3.05) is 23.5 Å². The molecule has 3 rings (SSSR count). The number of para-hydroxylation sites is 1. The number of hydrogen-bond donors (Lipinski definition) is 1. The van der Waals surface area contributed by atoms with Gasteiger partial charge in [0.2, 0.25) is 0 Å². The average Bonchev–Trinajstić information content (AvgIpc) is 2.97. The molecule has 200 valence electrons. The summed E-state index contributed by atoms with van der Waals surface area (Å²) in [5.41, 5.74) is 2.73. The van der Waals surface area contributed by atoms with Crippen LogP contribution in [0.3, 0.4) is 0 Å². The maximum Gasteiger partial charge on any atom is 0.181 e. The standard InChI is InChI=1S/C30H46N2O2S2/c1-6-9-17-30(18-10-7-2)22-32(26-15-12-11-13-16-26)27-20-28(35-5)25(21-31-24(4)14-8-3)19-29(27)36(33,34)23-30/h11-13,15-16,19-20,24,31H,6-10,14,17-18,21-23H2,1-5H3. The van der Waals surface area contributed by atoms with E-state index in [-0.39, 0.29) is 11.2 Å². The summed E-state index contributed by atoms with van der Waals surface area (Å²) in [5, 5.41) is 3.62. The zero-order valence-electron chi connectivity index (χ0n) is 23.0. The molecule has 0 saturated carbocycles. The van der Waals surface area contributed by atoms with Crippen molar-refractivity contribution in [2.24, 2.45) is 5.41 Å². The number of unbranched alkanes of at least 4 members (excludes halogenated alkanes) is 2. The van der Waals surface area contributed by atoms with Gasteiger partial charge in [0.05, 0.1) is 16.3 Å². The van der Waals surface area contributed by atoms with Gasteiger partial charge < -0.3 is 10.2 Å². The Balaban J connectivity index is 2.16. The van der Waals surface area contributed by atoms with Crippen molar-refractivity contribution in [1.82, 2.24) is 5.32 Å². The third-order valence-corrected chi connectivity index (χ3v) is 10.3. The van der Waals surface area contributed by atoms with E-state index in [4.69, 9.17) is 0 Å². The van der Waals surface area contributed by atoms with E-state index in [1.807, 2.05) is 12.1 Å². The van der Waals surface area contributed by atoms with Crippen molar-refractivity contribution in [3.05, 3.63) is 48.0 Å². The maximum absolute atomic E-state index is 14.2. The molecule has 1 aliphatic heterocycles. The summed E-state index contributed by atoms with van der Waals surface area (Å²) in [7, 11) is -3.46. The highest BCUT2D eigenvalue weighted by atomic mass is 32.2. The number of fused-ring (bicyclic) bond motifs is 1. The summed E-state index contributed by atoms with van der Waals surface area (Å²) >= 11 is 1.70. The highest BCUT2D eigenvalue weighted by Gasteiger charge is 2.42. The topological polar surface area (TPSA) is 49.4 Å². The van der Waals surface area contributed by atoms with E-state index in [0.717, 1.165) is 79.7 Å². The number of thioether (sulfide) groups is 1. The van der Waals surface area contributed by atoms with Crippen molar-refractivity contribution in [2.45, 2.75) is 101 Å². The fourth-order valence-electron chi connectivity index (χ4n) is 5.52. The molecule has 4 nitrogen and oxygen atoms in total. The van der Waals surface area contributed by atoms with Crippen molar-refractivity contribution in [1.29, 1.82) is 0 Å². The summed E-state index contributed by atoms with van der Waals surface area (Å²) in [6, 6.07) is 14.9. The average molecular weight is 531 g/mol. The van der Waals surface area contributed by atoms with Crippen LogP contribution in [0.15, 0.2) is 52.3 Å². The van der Waals surface area contributed by atoms with E-state index < -0.39 is 9.84 Å². The third kappa shape index (κ3) is 7.08. The number of nitrogens with one attached hydrogen (secondary N) is 1. The number of nitrogens with zero attached hydrogens (tertiary/aromatic N) is 1. The Morgan fingerprint density at radius 3 is 2.28 bits per heavy atom. The minimum absolute atomic E-state index is 0.230. The highest BCUT2D eigenvalue weighted by Crippen LogP contribution is 2.46. The first-order valence-electron chi connectivity index (χ1n) is 13.8. The second-order valence-corrected chi connectivity index (χ2v) is 13.4. The Bertz CT molecular complexity index is 1060. The molecule has 0 spiro atoms.